The van der Waals surface area contributed by atoms with Gasteiger partial charge < -0.3 is 0 Å². The lowest BCUT2D eigenvalue weighted by Gasteiger charge is -2.09. The smallest absolute Gasteiger partial charge is 0.252 e. The molecule has 0 bridgehead atoms. The molecule has 0 saturated heterocycles. The monoisotopic (exact) mass is 200 g/mol. The van der Waals surface area contributed by atoms with Gasteiger partial charge in [-0.25, -0.2) is 4.39 Å². The van der Waals surface area contributed by atoms with Crippen LogP contribution in [0.2, 0.25) is 0 Å². The third kappa shape index (κ3) is 2.28. The van der Waals surface area contributed by atoms with Crippen molar-refractivity contribution >= 4 is 16.8 Å². The maximum atomic E-state index is 12.8. The molecule has 0 spiro atoms. The van der Waals surface area contributed by atoms with Crippen LogP contribution in [0.4, 0.5) is 4.39 Å². The average Bonchev–Trinajstić information content (AvgIpc) is 2.03. The summed E-state index contributed by atoms with van der Waals surface area (Å²) in [4.78, 5) is 10.9. The van der Waals surface area contributed by atoms with Crippen molar-refractivity contribution in [3.8, 4) is 0 Å². The first-order valence-corrected chi connectivity index (χ1v) is 4.39. The van der Waals surface area contributed by atoms with Gasteiger partial charge in [0, 0.05) is 5.56 Å². The van der Waals surface area contributed by atoms with Crippen LogP contribution in [0.25, 0.3) is 0 Å². The van der Waals surface area contributed by atoms with E-state index in [2.05, 4.69) is 0 Å². The van der Waals surface area contributed by atoms with E-state index in [1.165, 1.54) is 18.2 Å². The van der Waals surface area contributed by atoms with Gasteiger partial charge in [-0.1, -0.05) is 13.8 Å². The van der Waals surface area contributed by atoms with Gasteiger partial charge in [-0.2, -0.15) is 0 Å². The number of carbonyl (C=O) groups is 1. The molecule has 0 radical (unpaired) electrons. The predicted molar refractivity (Wildman–Crippen MR) is 50.7 cm³/mol. The molecule has 13 heavy (non-hydrogen) atoms. The van der Waals surface area contributed by atoms with Crippen molar-refractivity contribution in [1.29, 1.82) is 0 Å². The van der Waals surface area contributed by atoms with Crippen molar-refractivity contribution in [2.24, 2.45) is 0 Å². The molecule has 1 aromatic rings. The molecule has 70 valence electrons. The molecular formula is C10H10ClFO. The van der Waals surface area contributed by atoms with Crippen molar-refractivity contribution in [2.75, 3.05) is 0 Å². The van der Waals surface area contributed by atoms with Gasteiger partial charge in [0.25, 0.3) is 5.24 Å². The van der Waals surface area contributed by atoms with Crippen LogP contribution >= 0.6 is 11.6 Å². The van der Waals surface area contributed by atoms with Crippen LogP contribution in [-0.4, -0.2) is 5.24 Å². The number of carbonyl (C=O) groups excluding carboxylic acids is 1. The predicted octanol–water partition coefficient (Wildman–Crippen LogP) is 3.33. The Hall–Kier alpha value is -0.890. The SMILES string of the molecule is CC(C)c1cc(F)ccc1C(=O)Cl. The summed E-state index contributed by atoms with van der Waals surface area (Å²) < 4.78 is 12.8. The lowest BCUT2D eigenvalue weighted by atomic mass is 9.98. The zero-order chi connectivity index (χ0) is 10.0. The van der Waals surface area contributed by atoms with E-state index >= 15 is 0 Å². The van der Waals surface area contributed by atoms with E-state index in [-0.39, 0.29) is 11.7 Å². The third-order valence-electron chi connectivity index (χ3n) is 1.85. The summed E-state index contributed by atoms with van der Waals surface area (Å²) in [6.07, 6.45) is 0. The number of rotatable bonds is 2. The van der Waals surface area contributed by atoms with Gasteiger partial charge >= 0.3 is 0 Å². The molecule has 3 heteroatoms. The Morgan fingerprint density at radius 1 is 1.46 bits per heavy atom. The second-order valence-corrected chi connectivity index (χ2v) is 3.50. The summed E-state index contributed by atoms with van der Waals surface area (Å²) in [7, 11) is 0. The first-order chi connectivity index (χ1) is 6.02. The lowest BCUT2D eigenvalue weighted by Crippen LogP contribution is -2.00. The molecule has 0 N–H and O–H groups in total. The Bertz CT molecular complexity index is 334. The van der Waals surface area contributed by atoms with E-state index < -0.39 is 5.24 Å². The van der Waals surface area contributed by atoms with E-state index in [9.17, 15) is 9.18 Å². The Balaban J connectivity index is 3.26. The number of hydrogen-bond donors (Lipinski definition) is 0. The van der Waals surface area contributed by atoms with Gasteiger partial charge in [-0.3, -0.25) is 4.79 Å². The van der Waals surface area contributed by atoms with Gasteiger partial charge in [0.15, 0.2) is 0 Å². The van der Waals surface area contributed by atoms with Crippen molar-refractivity contribution in [3.05, 3.63) is 35.1 Å². The van der Waals surface area contributed by atoms with E-state index in [1.54, 1.807) is 0 Å². The lowest BCUT2D eigenvalue weighted by molar-refractivity contribution is 0.108. The van der Waals surface area contributed by atoms with Crippen molar-refractivity contribution in [2.45, 2.75) is 19.8 Å². The summed E-state index contributed by atoms with van der Waals surface area (Å²) in [5.41, 5.74) is 1.04. The summed E-state index contributed by atoms with van der Waals surface area (Å²) in [6, 6.07) is 4.00. The first kappa shape index (κ1) is 10.2. The van der Waals surface area contributed by atoms with E-state index in [0.29, 0.717) is 11.1 Å². The molecule has 0 aliphatic carbocycles. The molecule has 0 aliphatic heterocycles. The van der Waals surface area contributed by atoms with Gasteiger partial charge in [-0.15, -0.1) is 0 Å². The minimum atomic E-state index is -0.538. The second-order valence-electron chi connectivity index (χ2n) is 3.16. The topological polar surface area (TPSA) is 17.1 Å². The fourth-order valence-electron chi connectivity index (χ4n) is 1.19. The Morgan fingerprint density at radius 3 is 2.54 bits per heavy atom. The molecule has 0 unspecified atom stereocenters. The molecule has 0 saturated carbocycles. The highest BCUT2D eigenvalue weighted by Gasteiger charge is 2.12. The summed E-state index contributed by atoms with van der Waals surface area (Å²) in [5.74, 6) is -0.251. The van der Waals surface area contributed by atoms with Crippen LogP contribution in [0.5, 0.6) is 0 Å². The van der Waals surface area contributed by atoms with Crippen molar-refractivity contribution in [1.82, 2.24) is 0 Å². The molecular weight excluding hydrogens is 191 g/mol. The minimum absolute atomic E-state index is 0.0911. The van der Waals surface area contributed by atoms with Crippen LogP contribution in [0.15, 0.2) is 18.2 Å². The molecule has 1 nitrogen and oxygen atoms in total. The molecule has 1 aromatic carbocycles. The zero-order valence-electron chi connectivity index (χ0n) is 7.47. The van der Waals surface area contributed by atoms with Crippen LogP contribution in [-0.2, 0) is 0 Å². The molecule has 0 heterocycles. The van der Waals surface area contributed by atoms with Gasteiger partial charge in [0.2, 0.25) is 0 Å². The van der Waals surface area contributed by atoms with Crippen LogP contribution in [0.3, 0.4) is 0 Å². The molecule has 0 aliphatic rings. The standard InChI is InChI=1S/C10H10ClFO/c1-6(2)9-5-7(12)3-4-8(9)10(11)13/h3-6H,1-2H3. The third-order valence-corrected chi connectivity index (χ3v) is 2.05. The van der Waals surface area contributed by atoms with E-state index in [0.717, 1.165) is 0 Å². The Morgan fingerprint density at radius 2 is 2.08 bits per heavy atom. The van der Waals surface area contributed by atoms with Crippen LogP contribution in [0.1, 0.15) is 35.7 Å². The maximum Gasteiger partial charge on any atom is 0.252 e. The van der Waals surface area contributed by atoms with Crippen molar-refractivity contribution < 1.29 is 9.18 Å². The molecule has 0 fully saturated rings. The number of hydrogen-bond acceptors (Lipinski definition) is 1. The largest absolute Gasteiger partial charge is 0.276 e. The van der Waals surface area contributed by atoms with E-state index in [4.69, 9.17) is 11.6 Å². The molecule has 0 amide bonds. The number of benzene rings is 1. The van der Waals surface area contributed by atoms with Crippen LogP contribution in [0, 0.1) is 5.82 Å². The fraction of sp³-hybridized carbons (Fsp3) is 0.300. The Kier molecular flexibility index (Phi) is 3.04. The van der Waals surface area contributed by atoms with Gasteiger partial charge in [0.1, 0.15) is 5.82 Å². The second kappa shape index (κ2) is 3.88. The molecule has 1 rings (SSSR count). The normalized spacial score (nSPS) is 10.5. The molecule has 0 atom stereocenters. The maximum absolute atomic E-state index is 12.8. The highest BCUT2D eigenvalue weighted by Crippen LogP contribution is 2.21. The number of halogens is 2. The zero-order valence-corrected chi connectivity index (χ0v) is 8.23. The van der Waals surface area contributed by atoms with Crippen LogP contribution < -0.4 is 0 Å². The van der Waals surface area contributed by atoms with Crippen molar-refractivity contribution in [3.63, 3.8) is 0 Å². The highest BCUT2D eigenvalue weighted by molar-refractivity contribution is 6.67. The molecule has 0 aromatic heterocycles. The quantitative estimate of drug-likeness (QED) is 0.670. The highest BCUT2D eigenvalue weighted by atomic mass is 35.5. The summed E-state index contributed by atoms with van der Waals surface area (Å²) in [5, 5.41) is -0.538. The first-order valence-electron chi connectivity index (χ1n) is 4.01. The summed E-state index contributed by atoms with van der Waals surface area (Å²) >= 11 is 5.34. The van der Waals surface area contributed by atoms with Gasteiger partial charge in [0.05, 0.1) is 0 Å². The minimum Gasteiger partial charge on any atom is -0.276 e. The Labute approximate surface area is 81.5 Å². The fourth-order valence-corrected chi connectivity index (χ4v) is 1.36. The summed E-state index contributed by atoms with van der Waals surface area (Å²) in [6.45, 7) is 3.77. The van der Waals surface area contributed by atoms with E-state index in [1.807, 2.05) is 13.8 Å². The average molecular weight is 201 g/mol. The van der Waals surface area contributed by atoms with Gasteiger partial charge in [-0.05, 0) is 41.3 Å².